The minimum atomic E-state index is -3.58. The lowest BCUT2D eigenvalue weighted by Gasteiger charge is -2.34. The van der Waals surface area contributed by atoms with E-state index in [-0.39, 0.29) is 4.90 Å². The minimum Gasteiger partial charge on any atom is -0.352 e. The van der Waals surface area contributed by atoms with Gasteiger partial charge in [0.1, 0.15) is 5.82 Å². The second-order valence-electron chi connectivity index (χ2n) is 6.92. The Morgan fingerprint density at radius 3 is 2.40 bits per heavy atom. The van der Waals surface area contributed by atoms with Crippen molar-refractivity contribution < 1.29 is 8.42 Å². The summed E-state index contributed by atoms with van der Waals surface area (Å²) in [5, 5.41) is 12.0. The number of benzene rings is 1. The summed E-state index contributed by atoms with van der Waals surface area (Å²) >= 11 is 6.11. The van der Waals surface area contributed by atoms with Crippen molar-refractivity contribution in [3.63, 3.8) is 0 Å². The first-order chi connectivity index (χ1) is 14.4. The van der Waals surface area contributed by atoms with Crippen LogP contribution < -0.4 is 10.2 Å². The highest BCUT2D eigenvalue weighted by atomic mass is 35.5. The summed E-state index contributed by atoms with van der Waals surface area (Å²) < 4.78 is 27.3. The molecule has 0 saturated carbocycles. The van der Waals surface area contributed by atoms with Crippen LogP contribution in [0.3, 0.4) is 0 Å². The molecule has 1 aliphatic rings. The molecule has 3 aromatic rings. The lowest BCUT2D eigenvalue weighted by atomic mass is 10.2. The molecule has 3 heterocycles. The maximum absolute atomic E-state index is 12.9. The molecule has 156 valence electrons. The van der Waals surface area contributed by atoms with Gasteiger partial charge in [-0.3, -0.25) is 0 Å². The molecular weight excluding hydrogens is 424 g/mol. The van der Waals surface area contributed by atoms with E-state index in [9.17, 15) is 8.42 Å². The third-order valence-corrected chi connectivity index (χ3v) is 7.22. The van der Waals surface area contributed by atoms with Gasteiger partial charge in [-0.1, -0.05) is 23.7 Å². The van der Waals surface area contributed by atoms with Gasteiger partial charge in [-0.25, -0.2) is 13.4 Å². The fraction of sp³-hybridized carbons (Fsp3) is 0.250. The van der Waals surface area contributed by atoms with E-state index in [2.05, 4.69) is 20.5 Å². The summed E-state index contributed by atoms with van der Waals surface area (Å²) in [4.78, 5) is 6.43. The summed E-state index contributed by atoms with van der Waals surface area (Å²) in [6.45, 7) is 3.63. The quantitative estimate of drug-likeness (QED) is 0.646. The standard InChI is InChI=1S/C20H21ClN6O2S/c1-15-5-6-16(14-17(15)21)30(28,29)27-12-10-26(11-13-27)20-8-7-19(24-25-20)23-18-4-2-3-9-22-18/h2-9,14H,10-13H2,1H3,(H,22,23,24). The fourth-order valence-corrected chi connectivity index (χ4v) is 4.86. The molecule has 2 aromatic heterocycles. The van der Waals surface area contributed by atoms with Crippen LogP contribution in [0.1, 0.15) is 5.56 Å². The van der Waals surface area contributed by atoms with Gasteiger partial charge in [-0.05, 0) is 48.9 Å². The van der Waals surface area contributed by atoms with E-state index in [1.807, 2.05) is 42.2 Å². The number of rotatable bonds is 5. The van der Waals surface area contributed by atoms with Crippen LogP contribution >= 0.6 is 11.6 Å². The Balaban J connectivity index is 1.40. The summed E-state index contributed by atoms with van der Waals surface area (Å²) in [6, 6.07) is 14.1. The average molecular weight is 445 g/mol. The molecule has 0 spiro atoms. The number of halogens is 1. The Labute approximate surface area is 180 Å². The number of sulfonamides is 1. The second kappa shape index (κ2) is 8.55. The first-order valence-corrected chi connectivity index (χ1v) is 11.3. The van der Waals surface area contributed by atoms with Crippen molar-refractivity contribution in [2.24, 2.45) is 0 Å². The van der Waals surface area contributed by atoms with Crippen molar-refractivity contribution in [2.45, 2.75) is 11.8 Å². The second-order valence-corrected chi connectivity index (χ2v) is 9.26. The molecule has 0 atom stereocenters. The lowest BCUT2D eigenvalue weighted by Crippen LogP contribution is -2.49. The first-order valence-electron chi connectivity index (χ1n) is 9.46. The number of aryl methyl sites for hydroxylation is 1. The van der Waals surface area contributed by atoms with Crippen molar-refractivity contribution in [2.75, 3.05) is 36.4 Å². The lowest BCUT2D eigenvalue weighted by molar-refractivity contribution is 0.383. The molecule has 1 aliphatic heterocycles. The largest absolute Gasteiger partial charge is 0.352 e. The molecule has 0 radical (unpaired) electrons. The number of hydrogen-bond donors (Lipinski definition) is 1. The zero-order valence-corrected chi connectivity index (χ0v) is 17.9. The van der Waals surface area contributed by atoms with Crippen molar-refractivity contribution in [1.29, 1.82) is 0 Å². The van der Waals surface area contributed by atoms with Gasteiger partial charge < -0.3 is 10.2 Å². The molecule has 1 fully saturated rings. The topological polar surface area (TPSA) is 91.3 Å². The number of hydrogen-bond acceptors (Lipinski definition) is 7. The third-order valence-electron chi connectivity index (χ3n) is 4.92. The van der Waals surface area contributed by atoms with Crippen LogP contribution in [0.2, 0.25) is 5.02 Å². The highest BCUT2D eigenvalue weighted by Crippen LogP contribution is 2.24. The smallest absolute Gasteiger partial charge is 0.243 e. The Bertz CT molecular complexity index is 1120. The highest BCUT2D eigenvalue weighted by molar-refractivity contribution is 7.89. The van der Waals surface area contributed by atoms with E-state index in [0.717, 1.165) is 5.56 Å². The van der Waals surface area contributed by atoms with E-state index in [4.69, 9.17) is 11.6 Å². The third kappa shape index (κ3) is 4.38. The predicted molar refractivity (Wildman–Crippen MR) is 117 cm³/mol. The van der Waals surface area contributed by atoms with Crippen molar-refractivity contribution >= 4 is 39.1 Å². The van der Waals surface area contributed by atoms with Gasteiger partial charge in [-0.2, -0.15) is 4.31 Å². The maximum atomic E-state index is 12.9. The van der Waals surface area contributed by atoms with E-state index in [1.54, 1.807) is 18.3 Å². The van der Waals surface area contributed by atoms with Crippen LogP contribution in [0.25, 0.3) is 0 Å². The number of piperazine rings is 1. The van der Waals surface area contributed by atoms with Gasteiger partial charge in [-0.15, -0.1) is 10.2 Å². The maximum Gasteiger partial charge on any atom is 0.243 e. The van der Waals surface area contributed by atoms with E-state index in [1.165, 1.54) is 10.4 Å². The average Bonchev–Trinajstić information content (AvgIpc) is 2.77. The Morgan fingerprint density at radius 2 is 1.77 bits per heavy atom. The molecule has 4 rings (SSSR count). The molecule has 1 saturated heterocycles. The van der Waals surface area contributed by atoms with Gasteiger partial charge in [0.15, 0.2) is 11.6 Å². The molecule has 10 heteroatoms. The van der Waals surface area contributed by atoms with Gasteiger partial charge in [0, 0.05) is 37.4 Å². The molecule has 0 amide bonds. The van der Waals surface area contributed by atoms with E-state index < -0.39 is 10.0 Å². The van der Waals surface area contributed by atoms with Crippen molar-refractivity contribution in [3.8, 4) is 0 Å². The molecule has 1 N–H and O–H groups in total. The van der Waals surface area contributed by atoms with Crippen LogP contribution in [0.5, 0.6) is 0 Å². The number of nitrogens with one attached hydrogen (secondary N) is 1. The molecular formula is C20H21ClN6O2S. The monoisotopic (exact) mass is 444 g/mol. The first kappa shape index (κ1) is 20.5. The molecule has 30 heavy (non-hydrogen) atoms. The number of anilines is 3. The van der Waals surface area contributed by atoms with Gasteiger partial charge in [0.25, 0.3) is 0 Å². The molecule has 8 nitrogen and oxygen atoms in total. The van der Waals surface area contributed by atoms with Crippen LogP contribution in [-0.4, -0.2) is 54.1 Å². The SMILES string of the molecule is Cc1ccc(S(=O)(=O)N2CCN(c3ccc(Nc4ccccn4)nn3)CC2)cc1Cl. The van der Waals surface area contributed by atoms with E-state index in [0.29, 0.717) is 48.7 Å². The van der Waals surface area contributed by atoms with Gasteiger partial charge in [0.2, 0.25) is 10.0 Å². The summed E-state index contributed by atoms with van der Waals surface area (Å²) in [5.41, 5.74) is 0.847. The molecule has 0 bridgehead atoms. The summed E-state index contributed by atoms with van der Waals surface area (Å²) in [7, 11) is -3.58. The van der Waals surface area contributed by atoms with Crippen LogP contribution in [-0.2, 0) is 10.0 Å². The zero-order valence-electron chi connectivity index (χ0n) is 16.4. The number of pyridine rings is 1. The van der Waals surface area contributed by atoms with Crippen LogP contribution in [0.4, 0.5) is 17.5 Å². The van der Waals surface area contributed by atoms with Crippen molar-refractivity contribution in [1.82, 2.24) is 19.5 Å². The molecule has 0 unspecified atom stereocenters. The summed E-state index contributed by atoms with van der Waals surface area (Å²) in [5.74, 6) is 1.99. The highest BCUT2D eigenvalue weighted by Gasteiger charge is 2.29. The molecule has 1 aromatic carbocycles. The van der Waals surface area contributed by atoms with Crippen LogP contribution in [0, 0.1) is 6.92 Å². The summed E-state index contributed by atoms with van der Waals surface area (Å²) in [6.07, 6.45) is 1.70. The Morgan fingerprint density at radius 1 is 0.967 bits per heavy atom. The normalized spacial score (nSPS) is 15.2. The molecule has 0 aliphatic carbocycles. The number of nitrogens with zero attached hydrogens (tertiary/aromatic N) is 5. The van der Waals surface area contributed by atoms with Crippen molar-refractivity contribution in [3.05, 3.63) is 65.3 Å². The van der Waals surface area contributed by atoms with Gasteiger partial charge >= 0.3 is 0 Å². The predicted octanol–water partition coefficient (Wildman–Crippen LogP) is 3.09. The van der Waals surface area contributed by atoms with E-state index >= 15 is 0 Å². The number of aromatic nitrogens is 3. The minimum absolute atomic E-state index is 0.219. The van der Waals surface area contributed by atoms with Crippen LogP contribution in [0.15, 0.2) is 59.6 Å². The van der Waals surface area contributed by atoms with Gasteiger partial charge in [0.05, 0.1) is 4.90 Å². The fourth-order valence-electron chi connectivity index (χ4n) is 3.17. The zero-order chi connectivity index (χ0) is 21.1. The Kier molecular flexibility index (Phi) is 5.85. The Hall–Kier alpha value is -2.75.